The third kappa shape index (κ3) is 4.00. The molecule has 118 valence electrons. The molecule has 1 aliphatic heterocycles. The smallest absolute Gasteiger partial charge is 0.124 e. The Hall–Kier alpha value is -1.02. The van der Waals surface area contributed by atoms with Gasteiger partial charge in [0.1, 0.15) is 11.4 Å². The van der Waals surface area contributed by atoms with Gasteiger partial charge in [0.25, 0.3) is 0 Å². The molecule has 0 amide bonds. The van der Waals surface area contributed by atoms with Crippen LogP contribution in [-0.2, 0) is 6.42 Å². The second-order valence-corrected chi connectivity index (χ2v) is 7.02. The summed E-state index contributed by atoms with van der Waals surface area (Å²) in [5.41, 5.74) is 2.70. The van der Waals surface area contributed by atoms with Crippen molar-refractivity contribution >= 4 is 0 Å². The van der Waals surface area contributed by atoms with Gasteiger partial charge < -0.3 is 10.1 Å². The van der Waals surface area contributed by atoms with E-state index >= 15 is 0 Å². The highest BCUT2D eigenvalue weighted by Gasteiger charge is 2.35. The van der Waals surface area contributed by atoms with Gasteiger partial charge in [0.05, 0.1) is 0 Å². The maximum atomic E-state index is 6.29. The second-order valence-electron chi connectivity index (χ2n) is 7.02. The lowest BCUT2D eigenvalue weighted by atomic mass is 9.86. The summed E-state index contributed by atoms with van der Waals surface area (Å²) in [6.07, 6.45) is 4.41. The van der Waals surface area contributed by atoms with Gasteiger partial charge >= 0.3 is 0 Å². The van der Waals surface area contributed by atoms with Gasteiger partial charge in [-0.15, -0.1) is 0 Å². The number of fused-ring (bicyclic) bond motifs is 1. The molecule has 0 aliphatic carbocycles. The fourth-order valence-corrected chi connectivity index (χ4v) is 2.98. The fraction of sp³-hybridized carbons (Fsp3) is 0.684. The number of aryl methyl sites for hydroxylation is 1. The summed E-state index contributed by atoms with van der Waals surface area (Å²) in [6.45, 7) is 12.3. The van der Waals surface area contributed by atoms with Crippen LogP contribution in [0.2, 0.25) is 0 Å². The van der Waals surface area contributed by atoms with Gasteiger partial charge in [-0.2, -0.15) is 0 Å². The van der Waals surface area contributed by atoms with Gasteiger partial charge in [-0.3, -0.25) is 0 Å². The molecule has 0 aromatic heterocycles. The monoisotopic (exact) mass is 289 g/mol. The number of hydrogen-bond acceptors (Lipinski definition) is 2. The highest BCUT2D eigenvalue weighted by atomic mass is 16.5. The van der Waals surface area contributed by atoms with Gasteiger partial charge in [-0.25, -0.2) is 0 Å². The van der Waals surface area contributed by atoms with Crippen LogP contribution in [0.5, 0.6) is 5.75 Å². The zero-order valence-electron chi connectivity index (χ0n) is 14.3. The first kappa shape index (κ1) is 16.4. The minimum absolute atomic E-state index is 0.0454. The van der Waals surface area contributed by atoms with E-state index in [1.807, 2.05) is 0 Å². The number of rotatable bonds is 6. The molecule has 1 aliphatic rings. The van der Waals surface area contributed by atoms with Crippen LogP contribution in [0, 0.1) is 5.92 Å². The lowest BCUT2D eigenvalue weighted by Crippen LogP contribution is -2.41. The summed E-state index contributed by atoms with van der Waals surface area (Å²) < 4.78 is 6.29. The average Bonchev–Trinajstić information content (AvgIpc) is 2.46. The van der Waals surface area contributed by atoms with E-state index in [1.54, 1.807) is 0 Å². The molecule has 0 radical (unpaired) electrons. The van der Waals surface area contributed by atoms with Crippen LogP contribution >= 0.6 is 0 Å². The molecule has 21 heavy (non-hydrogen) atoms. The Morgan fingerprint density at radius 1 is 1.33 bits per heavy atom. The van der Waals surface area contributed by atoms with Gasteiger partial charge in [0, 0.05) is 18.0 Å². The highest BCUT2D eigenvalue weighted by Crippen LogP contribution is 2.41. The van der Waals surface area contributed by atoms with Gasteiger partial charge in [-0.05, 0) is 50.3 Å². The van der Waals surface area contributed by atoms with Crippen LogP contribution in [0.3, 0.4) is 0 Å². The van der Waals surface area contributed by atoms with Crippen LogP contribution in [0.1, 0.15) is 71.0 Å². The van der Waals surface area contributed by atoms with Gasteiger partial charge in [-0.1, -0.05) is 39.8 Å². The molecule has 1 N–H and O–H groups in total. The fourth-order valence-electron chi connectivity index (χ4n) is 2.98. The molecule has 1 heterocycles. The first-order valence-corrected chi connectivity index (χ1v) is 8.52. The standard InChI is InChI=1S/C19H31NO/c1-6-15-8-9-18-16(12-15)17(20-11-10-14(3)4)13-19(5,7-2)21-18/h8-9,12,14,17,20H,6-7,10-11,13H2,1-5H3. The average molecular weight is 289 g/mol. The van der Waals surface area contributed by atoms with Crippen molar-refractivity contribution in [1.29, 1.82) is 0 Å². The van der Waals surface area contributed by atoms with E-state index in [2.05, 4.69) is 58.1 Å². The number of ether oxygens (including phenoxy) is 1. The third-order valence-corrected chi connectivity index (χ3v) is 4.71. The van der Waals surface area contributed by atoms with Crippen LogP contribution in [0.25, 0.3) is 0 Å². The topological polar surface area (TPSA) is 21.3 Å². The Morgan fingerprint density at radius 2 is 2.10 bits per heavy atom. The Balaban J connectivity index is 2.21. The molecule has 2 unspecified atom stereocenters. The van der Waals surface area contributed by atoms with Crippen molar-refractivity contribution < 1.29 is 4.74 Å². The molecule has 0 fully saturated rings. The normalized spacial score (nSPS) is 24.8. The summed E-state index contributed by atoms with van der Waals surface area (Å²) in [4.78, 5) is 0. The van der Waals surface area contributed by atoms with Crippen molar-refractivity contribution in [3.63, 3.8) is 0 Å². The van der Waals surface area contributed by atoms with Crippen molar-refractivity contribution in [3.8, 4) is 5.75 Å². The molecule has 2 nitrogen and oxygen atoms in total. The van der Waals surface area contributed by atoms with E-state index in [-0.39, 0.29) is 5.60 Å². The van der Waals surface area contributed by atoms with E-state index in [4.69, 9.17) is 4.74 Å². The molecule has 0 saturated heterocycles. The Kier molecular flexibility index (Phi) is 5.32. The number of hydrogen-bond donors (Lipinski definition) is 1. The quantitative estimate of drug-likeness (QED) is 0.806. The predicted octanol–water partition coefficient (Wildman–Crippen LogP) is 4.88. The minimum Gasteiger partial charge on any atom is -0.487 e. The maximum Gasteiger partial charge on any atom is 0.124 e. The first-order valence-electron chi connectivity index (χ1n) is 8.52. The van der Waals surface area contributed by atoms with Gasteiger partial charge in [0.2, 0.25) is 0 Å². The molecule has 0 spiro atoms. The summed E-state index contributed by atoms with van der Waals surface area (Å²) >= 11 is 0. The molecule has 0 bridgehead atoms. The van der Waals surface area contributed by atoms with Crippen LogP contribution in [0.4, 0.5) is 0 Å². The van der Waals surface area contributed by atoms with Crippen molar-refractivity contribution in [2.24, 2.45) is 5.92 Å². The van der Waals surface area contributed by atoms with E-state index in [0.717, 1.165) is 37.5 Å². The van der Waals surface area contributed by atoms with Gasteiger partial charge in [0.15, 0.2) is 0 Å². The molecular formula is C19H31NO. The van der Waals surface area contributed by atoms with Crippen LogP contribution < -0.4 is 10.1 Å². The summed E-state index contributed by atoms with van der Waals surface area (Å²) in [5, 5.41) is 3.77. The summed E-state index contributed by atoms with van der Waals surface area (Å²) in [6, 6.07) is 7.12. The van der Waals surface area contributed by atoms with Crippen molar-refractivity contribution in [1.82, 2.24) is 5.32 Å². The van der Waals surface area contributed by atoms with E-state index < -0.39 is 0 Å². The Bertz CT molecular complexity index is 469. The van der Waals surface area contributed by atoms with Crippen LogP contribution in [0.15, 0.2) is 18.2 Å². The maximum absolute atomic E-state index is 6.29. The molecule has 1 aromatic carbocycles. The van der Waals surface area contributed by atoms with Crippen molar-refractivity contribution in [3.05, 3.63) is 29.3 Å². The van der Waals surface area contributed by atoms with Crippen molar-refractivity contribution in [2.75, 3.05) is 6.54 Å². The molecule has 2 atom stereocenters. The molecule has 2 heteroatoms. The predicted molar refractivity (Wildman–Crippen MR) is 90.0 cm³/mol. The Labute approximate surface area is 130 Å². The van der Waals surface area contributed by atoms with Crippen LogP contribution in [-0.4, -0.2) is 12.1 Å². The largest absolute Gasteiger partial charge is 0.487 e. The number of nitrogens with one attached hydrogen (secondary N) is 1. The van der Waals surface area contributed by atoms with Crippen molar-refractivity contribution in [2.45, 2.75) is 71.9 Å². The lowest BCUT2D eigenvalue weighted by molar-refractivity contribution is 0.0441. The third-order valence-electron chi connectivity index (χ3n) is 4.71. The molecule has 0 saturated carbocycles. The minimum atomic E-state index is -0.0454. The lowest BCUT2D eigenvalue weighted by Gasteiger charge is -2.40. The van der Waals surface area contributed by atoms with E-state index in [0.29, 0.717) is 6.04 Å². The molecule has 2 rings (SSSR count). The highest BCUT2D eigenvalue weighted by molar-refractivity contribution is 5.42. The zero-order valence-corrected chi connectivity index (χ0v) is 14.3. The molecule has 1 aromatic rings. The Morgan fingerprint density at radius 3 is 2.71 bits per heavy atom. The zero-order chi connectivity index (χ0) is 15.5. The second kappa shape index (κ2) is 6.83. The summed E-state index contributed by atoms with van der Waals surface area (Å²) in [7, 11) is 0. The number of benzene rings is 1. The van der Waals surface area contributed by atoms with E-state index in [1.165, 1.54) is 17.5 Å². The van der Waals surface area contributed by atoms with E-state index in [9.17, 15) is 0 Å². The molecular weight excluding hydrogens is 258 g/mol. The first-order chi connectivity index (χ1) is 9.97. The summed E-state index contributed by atoms with van der Waals surface area (Å²) in [5.74, 6) is 1.82. The SMILES string of the molecule is CCc1ccc2c(c1)C(NCCC(C)C)CC(C)(CC)O2.